The molecule has 0 atom stereocenters. The molecule has 0 rings (SSSR count). The molecule has 0 aliphatic heterocycles. The van der Waals surface area contributed by atoms with Crippen LogP contribution in [0.3, 0.4) is 0 Å². The molecule has 0 saturated carbocycles. The van der Waals surface area contributed by atoms with E-state index in [1.807, 2.05) is 12.2 Å². The maximum absolute atomic E-state index is 3.63. The third-order valence-corrected chi connectivity index (χ3v) is 1.35. The quantitative estimate of drug-likeness (QED) is 0.352. The van der Waals surface area contributed by atoms with Crippen molar-refractivity contribution in [3.8, 4) is 0 Å². The summed E-state index contributed by atoms with van der Waals surface area (Å²) < 4.78 is 1.95. The highest BCUT2D eigenvalue weighted by Gasteiger charge is 2.00. The van der Waals surface area contributed by atoms with E-state index in [2.05, 4.69) is 55.4 Å². The highest BCUT2D eigenvalue weighted by Crippen LogP contribution is 1.87. The van der Waals surface area contributed by atoms with Crippen molar-refractivity contribution in [2.75, 3.05) is 55.4 Å². The largest absolute Gasteiger partial charge is 1.00 e. The van der Waals surface area contributed by atoms with E-state index in [1.54, 1.807) is 0 Å². The van der Waals surface area contributed by atoms with Crippen LogP contribution in [-0.4, -0.2) is 64.3 Å². The lowest BCUT2D eigenvalue weighted by Crippen LogP contribution is -3.00. The molecule has 0 aromatic rings. The number of hydrogen-bond acceptors (Lipinski definition) is 0. The van der Waals surface area contributed by atoms with Crippen molar-refractivity contribution in [3.63, 3.8) is 0 Å². The van der Waals surface area contributed by atoms with E-state index >= 15 is 0 Å². The Morgan fingerprint density at radius 2 is 0.875 bits per heavy atom. The summed E-state index contributed by atoms with van der Waals surface area (Å²) in [4.78, 5) is 0. The Hall–Kier alpha value is 0.360. The first kappa shape index (κ1) is 25.3. The zero-order valence-corrected chi connectivity index (χ0v) is 14.8. The number of halogens is 2. The summed E-state index contributed by atoms with van der Waals surface area (Å²) in [5.74, 6) is 0. The van der Waals surface area contributed by atoms with Crippen molar-refractivity contribution in [2.45, 2.75) is 0 Å². The molecule has 0 N–H and O–H groups in total. The van der Waals surface area contributed by atoms with E-state index in [1.165, 1.54) is 0 Å². The molecule has 0 fully saturated rings. The Labute approximate surface area is 123 Å². The summed E-state index contributed by atoms with van der Waals surface area (Å²) >= 11 is 0. The maximum atomic E-state index is 3.63. The predicted molar refractivity (Wildman–Crippen MR) is 66.2 cm³/mol. The molecule has 0 aliphatic carbocycles. The van der Waals surface area contributed by atoms with Gasteiger partial charge in [0.15, 0.2) is 0 Å². The number of hydrogen-bond donors (Lipinski definition) is 0. The van der Waals surface area contributed by atoms with Gasteiger partial charge in [-0.1, -0.05) is 13.2 Å². The molecule has 0 amide bonds. The summed E-state index contributed by atoms with van der Waals surface area (Å²) in [6, 6.07) is 0. The van der Waals surface area contributed by atoms with Gasteiger partial charge >= 0.3 is 0 Å². The van der Waals surface area contributed by atoms with E-state index in [0.717, 1.165) is 22.1 Å². The topological polar surface area (TPSA) is 0 Å². The van der Waals surface area contributed by atoms with Crippen molar-refractivity contribution in [2.24, 2.45) is 0 Å². The smallest absolute Gasteiger partial charge is 0.0964 e. The predicted octanol–water partition coefficient (Wildman–Crippen LogP) is -4.23. The van der Waals surface area contributed by atoms with Crippen molar-refractivity contribution < 1.29 is 42.9 Å². The lowest BCUT2D eigenvalue weighted by molar-refractivity contribution is -0.864. The van der Waals surface area contributed by atoms with Gasteiger partial charge in [0, 0.05) is 0 Å². The molecule has 0 aliphatic rings. The summed E-state index contributed by atoms with van der Waals surface area (Å²) in [6.45, 7) is 9.34. The zero-order valence-electron chi connectivity index (χ0n) is 11.6. The highest BCUT2D eigenvalue weighted by atomic mass is 79.9. The molecule has 0 unspecified atom stereocenters. The summed E-state index contributed by atoms with van der Waals surface area (Å²) in [6.07, 6.45) is 3.86. The van der Waals surface area contributed by atoms with Gasteiger partial charge in [0.1, 0.15) is 0 Å². The van der Waals surface area contributed by atoms with Crippen molar-refractivity contribution >= 4 is 0 Å². The molecule has 0 saturated heterocycles. The van der Waals surface area contributed by atoms with Gasteiger partial charge in [-0.05, 0) is 12.2 Å². The van der Waals surface area contributed by atoms with Gasteiger partial charge in [-0.25, -0.2) is 0 Å². The molecule has 0 heterocycles. The van der Waals surface area contributed by atoms with Crippen LogP contribution in [0, 0.1) is 0 Å². The fraction of sp³-hybridized carbons (Fsp3) is 0.667. The first-order valence-electron chi connectivity index (χ1n) is 4.95. The molecule has 100 valence electrons. The summed E-state index contributed by atoms with van der Waals surface area (Å²) in [7, 11) is 12.8. The van der Waals surface area contributed by atoms with Crippen LogP contribution in [0.1, 0.15) is 0 Å². The van der Waals surface area contributed by atoms with Gasteiger partial charge < -0.3 is 42.9 Å². The normalized spacial score (nSPS) is 9.88. The molecular formula is C12H28Br2N2. The van der Waals surface area contributed by atoms with Crippen molar-refractivity contribution in [1.82, 2.24) is 0 Å². The fourth-order valence-electron chi connectivity index (χ4n) is 0.775. The monoisotopic (exact) mass is 358 g/mol. The van der Waals surface area contributed by atoms with E-state index < -0.39 is 0 Å². The molecule has 0 radical (unpaired) electrons. The summed E-state index contributed by atoms with van der Waals surface area (Å²) in [5.41, 5.74) is 0. The third kappa shape index (κ3) is 36.7. The first-order chi connectivity index (χ1) is 6.12. The molecular weight excluding hydrogens is 332 g/mol. The summed E-state index contributed by atoms with van der Waals surface area (Å²) in [5, 5.41) is 0. The van der Waals surface area contributed by atoms with Gasteiger partial charge in [0.25, 0.3) is 0 Å². The number of likely N-dealkylation sites (N-methyl/N-ethyl adjacent to an activating group) is 2. The molecule has 0 aromatic carbocycles. The Morgan fingerprint density at radius 3 is 0.875 bits per heavy atom. The molecule has 0 bridgehead atoms. The number of quaternary nitrogens is 2. The molecule has 0 spiro atoms. The van der Waals surface area contributed by atoms with Gasteiger partial charge in [-0.15, -0.1) is 0 Å². The lowest BCUT2D eigenvalue weighted by Gasteiger charge is -2.21. The van der Waals surface area contributed by atoms with Crippen LogP contribution in [0.15, 0.2) is 25.3 Å². The van der Waals surface area contributed by atoms with Crippen LogP contribution >= 0.6 is 0 Å². The second-order valence-corrected chi connectivity index (χ2v) is 5.52. The molecule has 0 aromatic heterocycles. The zero-order chi connectivity index (χ0) is 11.8. The van der Waals surface area contributed by atoms with Crippen LogP contribution in [-0.2, 0) is 0 Å². The van der Waals surface area contributed by atoms with Crippen molar-refractivity contribution in [3.05, 3.63) is 25.3 Å². The second-order valence-electron chi connectivity index (χ2n) is 5.52. The minimum Gasteiger partial charge on any atom is -1.00 e. The van der Waals surface area contributed by atoms with E-state index in [0.29, 0.717) is 0 Å². The Morgan fingerprint density at radius 1 is 0.688 bits per heavy atom. The molecule has 2 nitrogen and oxygen atoms in total. The van der Waals surface area contributed by atoms with Crippen molar-refractivity contribution in [1.29, 1.82) is 0 Å². The molecule has 16 heavy (non-hydrogen) atoms. The number of nitrogens with zero attached hydrogens (tertiary/aromatic N) is 2. The van der Waals surface area contributed by atoms with Gasteiger partial charge in [-0.3, -0.25) is 0 Å². The maximum Gasteiger partial charge on any atom is 0.0964 e. The van der Waals surface area contributed by atoms with E-state index in [-0.39, 0.29) is 34.0 Å². The standard InChI is InChI=1S/2C6H14N.2BrH/c2*1-5-6-7(2,3)4;;/h2*5H,1,6H2,2-4H3;2*1H/q2*+1;;/p-2. The molecule has 4 heteroatoms. The first-order valence-corrected chi connectivity index (χ1v) is 4.95. The van der Waals surface area contributed by atoms with Crippen LogP contribution in [0.4, 0.5) is 0 Å². The Balaban J connectivity index is -0.0000000800. The minimum atomic E-state index is 0. The van der Waals surface area contributed by atoms with E-state index in [9.17, 15) is 0 Å². The van der Waals surface area contributed by atoms with Gasteiger partial charge in [0.05, 0.1) is 55.4 Å². The second kappa shape index (κ2) is 11.8. The average Bonchev–Trinajstić information content (AvgIpc) is 1.81. The number of rotatable bonds is 4. The fourth-order valence-corrected chi connectivity index (χ4v) is 0.775. The van der Waals surface area contributed by atoms with Gasteiger partial charge in [0.2, 0.25) is 0 Å². The van der Waals surface area contributed by atoms with Crippen LogP contribution in [0.25, 0.3) is 0 Å². The minimum absolute atomic E-state index is 0. The van der Waals surface area contributed by atoms with Crippen LogP contribution in [0.2, 0.25) is 0 Å². The van der Waals surface area contributed by atoms with Crippen LogP contribution < -0.4 is 34.0 Å². The highest BCUT2D eigenvalue weighted by molar-refractivity contribution is 4.63. The SMILES string of the molecule is C=CC[N+](C)(C)C.C=CC[N+](C)(C)C.[Br-].[Br-]. The Kier molecular flexibility index (Phi) is 18.7. The van der Waals surface area contributed by atoms with E-state index in [4.69, 9.17) is 0 Å². The third-order valence-electron chi connectivity index (χ3n) is 1.35. The van der Waals surface area contributed by atoms with Gasteiger partial charge in [-0.2, -0.15) is 0 Å². The lowest BCUT2D eigenvalue weighted by atomic mass is 10.5. The van der Waals surface area contributed by atoms with Crippen LogP contribution in [0.5, 0.6) is 0 Å². The Bertz CT molecular complexity index is 147. The average molecular weight is 360 g/mol.